The Bertz CT molecular complexity index is 456. The number of hydrogen-bond donors (Lipinski definition) is 1. The molecule has 0 spiro atoms. The third kappa shape index (κ3) is 2.38. The molecule has 0 radical (unpaired) electrons. The Morgan fingerprint density at radius 3 is 2.00 bits per heavy atom. The van der Waals surface area contributed by atoms with E-state index in [9.17, 15) is 5.11 Å². The van der Waals surface area contributed by atoms with Crippen LogP contribution in [0.15, 0.2) is 84.6 Å². The summed E-state index contributed by atoms with van der Waals surface area (Å²) in [5, 5.41) is 10.3. The van der Waals surface area contributed by atoms with E-state index in [0.29, 0.717) is 0 Å². The molecular weight excluding hydrogens is 196 g/mol. The molecule has 16 heavy (non-hydrogen) atoms. The van der Waals surface area contributed by atoms with Crippen LogP contribution in [-0.4, -0.2) is 10.7 Å². The minimum absolute atomic E-state index is 0.881. The van der Waals surface area contributed by atoms with Gasteiger partial charge in [0.15, 0.2) is 0 Å². The van der Waals surface area contributed by atoms with Crippen molar-refractivity contribution >= 4 is 0 Å². The zero-order valence-corrected chi connectivity index (χ0v) is 8.95. The average Bonchev–Trinajstić information content (AvgIpc) is 2.61. The van der Waals surface area contributed by atoms with Crippen molar-refractivity contribution in [2.75, 3.05) is 0 Å². The van der Waals surface area contributed by atoms with E-state index >= 15 is 0 Å². The molecule has 1 heteroatoms. The molecule has 1 unspecified atom stereocenters. The predicted octanol–water partition coefficient (Wildman–Crippen LogP) is 3.01. The lowest BCUT2D eigenvalue weighted by atomic mass is 9.96. The molecular formula is C15H14O. The third-order valence-electron chi connectivity index (χ3n) is 2.49. The minimum atomic E-state index is -0.961. The van der Waals surface area contributed by atoms with Gasteiger partial charge in [0, 0.05) is 0 Å². The van der Waals surface area contributed by atoms with Crippen molar-refractivity contribution in [3.8, 4) is 0 Å². The Labute approximate surface area is 95.8 Å². The molecule has 2 rings (SSSR count). The van der Waals surface area contributed by atoms with Gasteiger partial charge in [0.2, 0.25) is 0 Å². The first-order valence-electron chi connectivity index (χ1n) is 5.29. The first-order valence-corrected chi connectivity index (χ1v) is 5.29. The Kier molecular flexibility index (Phi) is 3.18. The second-order valence-electron chi connectivity index (χ2n) is 3.68. The maximum Gasteiger partial charge on any atom is 0.127 e. The smallest absolute Gasteiger partial charge is 0.127 e. The van der Waals surface area contributed by atoms with Crippen molar-refractivity contribution in [3.63, 3.8) is 0 Å². The normalized spacial score (nSPS) is 27.4. The van der Waals surface area contributed by atoms with E-state index in [4.69, 9.17) is 0 Å². The highest BCUT2D eigenvalue weighted by atomic mass is 16.3. The number of hydrogen-bond acceptors (Lipinski definition) is 1. The first-order chi connectivity index (χ1) is 7.81. The van der Waals surface area contributed by atoms with Crippen molar-refractivity contribution in [1.82, 2.24) is 0 Å². The molecule has 0 amide bonds. The van der Waals surface area contributed by atoms with Crippen LogP contribution in [0, 0.1) is 0 Å². The van der Waals surface area contributed by atoms with Crippen LogP contribution >= 0.6 is 0 Å². The van der Waals surface area contributed by atoms with Crippen LogP contribution < -0.4 is 0 Å². The summed E-state index contributed by atoms with van der Waals surface area (Å²) in [5.41, 5.74) is -0.0798. The summed E-state index contributed by atoms with van der Waals surface area (Å²) in [6.07, 6.45) is 24.7. The van der Waals surface area contributed by atoms with Gasteiger partial charge in [-0.3, -0.25) is 0 Å². The van der Waals surface area contributed by atoms with Gasteiger partial charge in [-0.1, -0.05) is 66.8 Å². The summed E-state index contributed by atoms with van der Waals surface area (Å²) < 4.78 is 0. The molecule has 1 nitrogen and oxygen atoms in total. The van der Waals surface area contributed by atoms with Gasteiger partial charge in [0.25, 0.3) is 0 Å². The second kappa shape index (κ2) is 4.77. The fourth-order valence-corrected chi connectivity index (χ4v) is 1.62. The van der Waals surface area contributed by atoms with Crippen LogP contribution in [0.5, 0.6) is 0 Å². The molecule has 80 valence electrons. The molecule has 1 N–H and O–H groups in total. The van der Waals surface area contributed by atoms with Crippen molar-refractivity contribution < 1.29 is 5.11 Å². The summed E-state index contributed by atoms with van der Waals surface area (Å²) >= 11 is 0. The van der Waals surface area contributed by atoms with E-state index in [-0.39, 0.29) is 0 Å². The number of allylic oxidation sites excluding steroid dienone is 10. The molecule has 0 aromatic rings. The van der Waals surface area contributed by atoms with Gasteiger partial charge in [-0.2, -0.15) is 0 Å². The second-order valence-corrected chi connectivity index (χ2v) is 3.68. The fourth-order valence-electron chi connectivity index (χ4n) is 1.62. The zero-order chi connectivity index (χ0) is 11.3. The summed E-state index contributed by atoms with van der Waals surface area (Å²) in [5.74, 6) is 0. The molecule has 0 aromatic heterocycles. The van der Waals surface area contributed by atoms with Gasteiger partial charge < -0.3 is 5.11 Å². The molecule has 1 atom stereocenters. The summed E-state index contributed by atoms with van der Waals surface area (Å²) in [7, 11) is 0. The fraction of sp³-hybridized carbons (Fsp3) is 0.0667. The van der Waals surface area contributed by atoms with E-state index in [1.807, 2.05) is 66.8 Å². The lowest BCUT2D eigenvalue weighted by molar-refractivity contribution is 0.188. The predicted molar refractivity (Wildman–Crippen MR) is 67.9 cm³/mol. The van der Waals surface area contributed by atoms with E-state index in [1.54, 1.807) is 12.2 Å². The molecule has 0 saturated heterocycles. The Hall–Kier alpha value is -1.86. The maximum atomic E-state index is 10.3. The zero-order valence-electron chi connectivity index (χ0n) is 8.95. The molecule has 0 aromatic carbocycles. The van der Waals surface area contributed by atoms with Gasteiger partial charge in [-0.15, -0.1) is 0 Å². The van der Waals surface area contributed by atoms with Gasteiger partial charge in [0.05, 0.1) is 0 Å². The lowest BCUT2D eigenvalue weighted by Crippen LogP contribution is -2.22. The van der Waals surface area contributed by atoms with E-state index in [2.05, 4.69) is 0 Å². The van der Waals surface area contributed by atoms with Gasteiger partial charge in [-0.05, 0) is 17.7 Å². The molecule has 2 aliphatic carbocycles. The molecule has 0 saturated carbocycles. The molecule has 0 heterocycles. The monoisotopic (exact) mass is 210 g/mol. The average molecular weight is 210 g/mol. The van der Waals surface area contributed by atoms with Crippen LogP contribution in [0.1, 0.15) is 0 Å². The van der Waals surface area contributed by atoms with Crippen LogP contribution in [0.25, 0.3) is 0 Å². The highest BCUT2D eigenvalue weighted by Crippen LogP contribution is 2.27. The van der Waals surface area contributed by atoms with Gasteiger partial charge >= 0.3 is 0 Å². The topological polar surface area (TPSA) is 20.2 Å². The largest absolute Gasteiger partial charge is 0.377 e. The van der Waals surface area contributed by atoms with Crippen molar-refractivity contribution in [3.05, 3.63) is 84.6 Å². The van der Waals surface area contributed by atoms with Crippen LogP contribution in [-0.2, 0) is 0 Å². The number of rotatable bonds is 0. The summed E-state index contributed by atoms with van der Waals surface area (Å²) in [6, 6.07) is 0. The molecule has 0 fully saturated rings. The SMILES string of the molecule is OC12C=CC=CC=CC=CC=CC1=CC=C2. The van der Waals surface area contributed by atoms with Crippen molar-refractivity contribution in [2.24, 2.45) is 0 Å². The van der Waals surface area contributed by atoms with Crippen LogP contribution in [0.4, 0.5) is 0 Å². The Balaban J connectivity index is 2.34. The first kappa shape index (κ1) is 10.7. The summed E-state index contributed by atoms with van der Waals surface area (Å²) in [4.78, 5) is 0. The van der Waals surface area contributed by atoms with Gasteiger partial charge in [-0.25, -0.2) is 0 Å². The van der Waals surface area contributed by atoms with Crippen LogP contribution in [0.3, 0.4) is 0 Å². The molecule has 0 aliphatic heterocycles. The van der Waals surface area contributed by atoms with Gasteiger partial charge in [0.1, 0.15) is 5.60 Å². The van der Waals surface area contributed by atoms with Crippen molar-refractivity contribution in [1.29, 1.82) is 0 Å². The highest BCUT2D eigenvalue weighted by Gasteiger charge is 2.25. The molecule has 2 aliphatic rings. The molecule has 0 bridgehead atoms. The number of fused-ring (bicyclic) bond motifs is 1. The number of aliphatic hydroxyl groups is 1. The lowest BCUT2D eigenvalue weighted by Gasteiger charge is -2.18. The quantitative estimate of drug-likeness (QED) is 0.651. The Morgan fingerprint density at radius 1 is 0.688 bits per heavy atom. The van der Waals surface area contributed by atoms with Crippen molar-refractivity contribution in [2.45, 2.75) is 5.60 Å². The van der Waals surface area contributed by atoms with Crippen LogP contribution in [0.2, 0.25) is 0 Å². The maximum absolute atomic E-state index is 10.3. The minimum Gasteiger partial charge on any atom is -0.377 e. The van der Waals surface area contributed by atoms with E-state index < -0.39 is 5.60 Å². The summed E-state index contributed by atoms with van der Waals surface area (Å²) in [6.45, 7) is 0. The van der Waals surface area contributed by atoms with E-state index in [0.717, 1.165) is 5.57 Å². The standard InChI is InChI=1S/C15H14O/c16-15-12-8-6-4-2-1-3-5-7-10-14(15)11-9-13-15/h1-13,16H. The van der Waals surface area contributed by atoms with E-state index in [1.165, 1.54) is 0 Å². The highest BCUT2D eigenvalue weighted by molar-refractivity contribution is 5.48. The third-order valence-corrected chi connectivity index (χ3v) is 2.49. The Morgan fingerprint density at radius 2 is 1.25 bits per heavy atom.